The Kier molecular flexibility index (Phi) is 5.17. The van der Waals surface area contributed by atoms with Crippen LogP contribution in [0.15, 0.2) is 71.8 Å². The van der Waals surface area contributed by atoms with Crippen LogP contribution in [0.4, 0.5) is 4.39 Å². The topological polar surface area (TPSA) is 72.8 Å². The summed E-state index contributed by atoms with van der Waals surface area (Å²) < 4.78 is 24.7. The molecule has 0 saturated carbocycles. The SMILES string of the molecule is O=C(NN=Cc1c(F)cccc1Cl)c1cc(-c2ccc3c(c2)OCO3)nc2ccccc12. The first-order valence-corrected chi connectivity index (χ1v) is 10.1. The van der Waals surface area contributed by atoms with E-state index in [0.717, 1.165) is 5.56 Å². The van der Waals surface area contributed by atoms with Crippen LogP contribution in [0.3, 0.4) is 0 Å². The number of pyridine rings is 1. The van der Waals surface area contributed by atoms with E-state index in [1.54, 1.807) is 24.3 Å². The van der Waals surface area contributed by atoms with E-state index in [1.807, 2.05) is 30.3 Å². The second kappa shape index (κ2) is 8.28. The normalized spacial score (nSPS) is 12.4. The molecular weight excluding hydrogens is 433 g/mol. The summed E-state index contributed by atoms with van der Waals surface area (Å²) in [5.41, 5.74) is 4.93. The maximum absolute atomic E-state index is 13.9. The van der Waals surface area contributed by atoms with Gasteiger partial charge in [-0.15, -0.1) is 0 Å². The van der Waals surface area contributed by atoms with E-state index in [-0.39, 0.29) is 17.4 Å². The Balaban J connectivity index is 1.50. The second-order valence-corrected chi connectivity index (χ2v) is 7.38. The molecule has 2 heterocycles. The number of hydrogen-bond donors (Lipinski definition) is 1. The fourth-order valence-electron chi connectivity index (χ4n) is 3.42. The summed E-state index contributed by atoms with van der Waals surface area (Å²) in [6.45, 7) is 0.168. The van der Waals surface area contributed by atoms with Crippen molar-refractivity contribution in [3.05, 3.63) is 88.7 Å². The van der Waals surface area contributed by atoms with E-state index in [0.29, 0.717) is 33.7 Å². The van der Waals surface area contributed by atoms with Crippen LogP contribution in [0.25, 0.3) is 22.2 Å². The molecule has 8 heteroatoms. The molecule has 1 aliphatic rings. The molecule has 0 saturated heterocycles. The van der Waals surface area contributed by atoms with Crippen molar-refractivity contribution >= 4 is 34.6 Å². The van der Waals surface area contributed by atoms with Crippen LogP contribution in [0.2, 0.25) is 5.02 Å². The number of ether oxygens (including phenoxy) is 2. The predicted octanol–water partition coefficient (Wildman–Crippen LogP) is 5.19. The van der Waals surface area contributed by atoms with Gasteiger partial charge in [0.2, 0.25) is 6.79 Å². The number of hydrazone groups is 1. The number of aromatic nitrogens is 1. The molecule has 0 fully saturated rings. The van der Waals surface area contributed by atoms with Gasteiger partial charge in [-0.1, -0.05) is 35.9 Å². The van der Waals surface area contributed by atoms with Crippen LogP contribution in [0.1, 0.15) is 15.9 Å². The molecule has 6 nitrogen and oxygen atoms in total. The smallest absolute Gasteiger partial charge is 0.272 e. The molecule has 5 rings (SSSR count). The summed E-state index contributed by atoms with van der Waals surface area (Å²) in [5, 5.41) is 4.75. The van der Waals surface area contributed by atoms with E-state index >= 15 is 0 Å². The molecule has 1 amide bonds. The van der Waals surface area contributed by atoms with E-state index in [2.05, 4.69) is 15.5 Å². The molecule has 0 bridgehead atoms. The van der Waals surface area contributed by atoms with Crippen molar-refractivity contribution in [2.75, 3.05) is 6.79 Å². The molecule has 158 valence electrons. The maximum Gasteiger partial charge on any atom is 0.272 e. The fourth-order valence-corrected chi connectivity index (χ4v) is 3.63. The third kappa shape index (κ3) is 3.74. The number of benzene rings is 3. The van der Waals surface area contributed by atoms with Gasteiger partial charge in [-0.2, -0.15) is 5.10 Å². The van der Waals surface area contributed by atoms with E-state index < -0.39 is 11.7 Å². The standard InChI is InChI=1S/C24H15ClFN3O3/c25-18-5-3-6-19(26)17(18)12-27-29-24(30)16-11-21(28-20-7-2-1-4-15(16)20)14-8-9-22-23(10-14)32-13-31-22/h1-12H,13H2,(H,29,30). The van der Waals surface area contributed by atoms with Crippen LogP contribution in [-0.4, -0.2) is 23.9 Å². The van der Waals surface area contributed by atoms with Crippen molar-refractivity contribution in [2.45, 2.75) is 0 Å². The number of amides is 1. The Labute approximate surface area is 187 Å². The quantitative estimate of drug-likeness (QED) is 0.345. The highest BCUT2D eigenvalue weighted by Gasteiger charge is 2.17. The molecule has 0 spiro atoms. The second-order valence-electron chi connectivity index (χ2n) is 6.97. The molecular formula is C24H15ClFN3O3. The minimum Gasteiger partial charge on any atom is -0.454 e. The monoisotopic (exact) mass is 447 g/mol. The van der Waals surface area contributed by atoms with Gasteiger partial charge in [-0.3, -0.25) is 4.79 Å². The van der Waals surface area contributed by atoms with Crippen molar-refractivity contribution in [3.63, 3.8) is 0 Å². The number of fused-ring (bicyclic) bond motifs is 2. The molecule has 0 radical (unpaired) electrons. The van der Waals surface area contributed by atoms with Crippen molar-refractivity contribution in [1.82, 2.24) is 10.4 Å². The molecule has 1 N–H and O–H groups in total. The lowest BCUT2D eigenvalue weighted by Gasteiger charge is -2.09. The Hall–Kier alpha value is -3.97. The maximum atomic E-state index is 13.9. The van der Waals surface area contributed by atoms with E-state index in [1.165, 1.54) is 18.3 Å². The first-order chi connectivity index (χ1) is 15.6. The van der Waals surface area contributed by atoms with Gasteiger partial charge >= 0.3 is 0 Å². The first-order valence-electron chi connectivity index (χ1n) is 9.67. The van der Waals surface area contributed by atoms with Gasteiger partial charge in [0.05, 0.1) is 28.0 Å². The lowest BCUT2D eigenvalue weighted by Crippen LogP contribution is -2.18. The number of halogens is 2. The lowest BCUT2D eigenvalue weighted by molar-refractivity contribution is 0.0956. The van der Waals surface area contributed by atoms with Crippen molar-refractivity contribution < 1.29 is 18.7 Å². The minimum absolute atomic E-state index is 0.0927. The number of nitrogens with one attached hydrogen (secondary N) is 1. The van der Waals surface area contributed by atoms with Gasteiger partial charge in [0.25, 0.3) is 5.91 Å². The summed E-state index contributed by atoms with van der Waals surface area (Å²) in [6.07, 6.45) is 1.18. The Morgan fingerprint density at radius 2 is 1.91 bits per heavy atom. The number of carbonyl (C=O) groups is 1. The summed E-state index contributed by atoms with van der Waals surface area (Å²) >= 11 is 6.00. The van der Waals surface area contributed by atoms with Gasteiger partial charge < -0.3 is 9.47 Å². The summed E-state index contributed by atoms with van der Waals surface area (Å²) in [7, 11) is 0. The number of nitrogens with zero attached hydrogens (tertiary/aromatic N) is 2. The Morgan fingerprint density at radius 1 is 1.06 bits per heavy atom. The highest BCUT2D eigenvalue weighted by Crippen LogP contribution is 2.36. The predicted molar refractivity (Wildman–Crippen MR) is 120 cm³/mol. The number of carbonyl (C=O) groups excluding carboxylic acids is 1. The zero-order valence-electron chi connectivity index (χ0n) is 16.5. The van der Waals surface area contributed by atoms with Crippen LogP contribution < -0.4 is 14.9 Å². The molecule has 1 aliphatic heterocycles. The third-order valence-corrected chi connectivity index (χ3v) is 5.32. The molecule has 1 aromatic heterocycles. The number of hydrogen-bond acceptors (Lipinski definition) is 5. The van der Waals surface area contributed by atoms with Crippen LogP contribution in [0.5, 0.6) is 11.5 Å². The highest BCUT2D eigenvalue weighted by atomic mass is 35.5. The Morgan fingerprint density at radius 3 is 2.78 bits per heavy atom. The van der Waals surface area contributed by atoms with Gasteiger partial charge in [-0.25, -0.2) is 14.8 Å². The summed E-state index contributed by atoms with van der Waals surface area (Å²) in [4.78, 5) is 17.6. The molecule has 32 heavy (non-hydrogen) atoms. The summed E-state index contributed by atoms with van der Waals surface area (Å²) in [6, 6.07) is 18.8. The van der Waals surface area contributed by atoms with Crippen LogP contribution in [-0.2, 0) is 0 Å². The van der Waals surface area contributed by atoms with E-state index in [4.69, 9.17) is 21.1 Å². The van der Waals surface area contributed by atoms with Crippen molar-refractivity contribution in [3.8, 4) is 22.8 Å². The molecule has 0 atom stereocenters. The number of rotatable bonds is 4. The molecule has 0 aliphatic carbocycles. The Bertz CT molecular complexity index is 1370. The van der Waals surface area contributed by atoms with E-state index in [9.17, 15) is 9.18 Å². The van der Waals surface area contributed by atoms with Crippen LogP contribution >= 0.6 is 11.6 Å². The molecule has 3 aromatic carbocycles. The largest absolute Gasteiger partial charge is 0.454 e. The molecule has 4 aromatic rings. The fraction of sp³-hybridized carbons (Fsp3) is 0.0417. The molecule has 0 unspecified atom stereocenters. The first kappa shape index (κ1) is 20.0. The third-order valence-electron chi connectivity index (χ3n) is 4.99. The minimum atomic E-state index is -0.532. The average molecular weight is 448 g/mol. The van der Waals surface area contributed by atoms with Gasteiger partial charge in [0.15, 0.2) is 11.5 Å². The highest BCUT2D eigenvalue weighted by molar-refractivity contribution is 6.33. The van der Waals surface area contributed by atoms with Gasteiger partial charge in [0.1, 0.15) is 5.82 Å². The van der Waals surface area contributed by atoms with Crippen molar-refractivity contribution in [1.29, 1.82) is 0 Å². The zero-order chi connectivity index (χ0) is 22.1. The summed E-state index contributed by atoms with van der Waals surface area (Å²) in [5.74, 6) is 0.285. The number of para-hydroxylation sites is 1. The zero-order valence-corrected chi connectivity index (χ0v) is 17.3. The lowest BCUT2D eigenvalue weighted by atomic mass is 10.0. The average Bonchev–Trinajstić information content (AvgIpc) is 3.28. The van der Waals surface area contributed by atoms with Crippen LogP contribution in [0, 0.1) is 5.82 Å². The van der Waals surface area contributed by atoms with Crippen molar-refractivity contribution in [2.24, 2.45) is 5.10 Å². The van der Waals surface area contributed by atoms with Gasteiger partial charge in [0, 0.05) is 16.5 Å². The van der Waals surface area contributed by atoms with Gasteiger partial charge in [-0.05, 0) is 42.5 Å².